The van der Waals surface area contributed by atoms with E-state index in [-0.39, 0.29) is 10.8 Å². The molecule has 31 heavy (non-hydrogen) atoms. The van der Waals surface area contributed by atoms with Gasteiger partial charge in [-0.2, -0.15) is 9.40 Å². The standard InChI is InChI=1S/C23H26N4O3S/c1-18-14-15-24-27(18)21-10-6-19(7-11-21)23(28)25-20-8-12-22(13-9-20)31(29,30)26-16-4-2-3-5-17-26/h6-15H,2-5,16-17H2,1H3,(H,25,28). The predicted octanol–water partition coefficient (Wildman–Crippen LogP) is 4.00. The monoisotopic (exact) mass is 438 g/mol. The van der Waals surface area contributed by atoms with Crippen LogP contribution in [-0.4, -0.2) is 41.5 Å². The molecule has 2 heterocycles. The van der Waals surface area contributed by atoms with Crippen LogP contribution in [0.15, 0.2) is 65.7 Å². The van der Waals surface area contributed by atoms with Gasteiger partial charge >= 0.3 is 0 Å². The van der Waals surface area contributed by atoms with Crippen molar-refractivity contribution in [1.82, 2.24) is 14.1 Å². The van der Waals surface area contributed by atoms with Gasteiger partial charge in [0.2, 0.25) is 10.0 Å². The van der Waals surface area contributed by atoms with Crippen molar-refractivity contribution in [2.24, 2.45) is 0 Å². The Morgan fingerprint density at radius 2 is 1.55 bits per heavy atom. The third-order valence-electron chi connectivity index (χ3n) is 5.52. The molecular weight excluding hydrogens is 412 g/mol. The lowest BCUT2D eigenvalue weighted by atomic mass is 10.2. The van der Waals surface area contributed by atoms with Gasteiger partial charge < -0.3 is 5.32 Å². The molecule has 0 radical (unpaired) electrons. The number of sulfonamides is 1. The first-order valence-corrected chi connectivity index (χ1v) is 11.9. The zero-order valence-electron chi connectivity index (χ0n) is 17.5. The van der Waals surface area contributed by atoms with Crippen molar-refractivity contribution in [3.63, 3.8) is 0 Å². The maximum absolute atomic E-state index is 12.9. The van der Waals surface area contributed by atoms with Crippen molar-refractivity contribution < 1.29 is 13.2 Å². The van der Waals surface area contributed by atoms with Gasteiger partial charge in [-0.1, -0.05) is 12.8 Å². The van der Waals surface area contributed by atoms with E-state index in [4.69, 9.17) is 0 Å². The van der Waals surface area contributed by atoms with Crippen molar-refractivity contribution in [1.29, 1.82) is 0 Å². The second-order valence-electron chi connectivity index (χ2n) is 7.73. The topological polar surface area (TPSA) is 84.3 Å². The Bertz CT molecular complexity index is 1140. The van der Waals surface area contributed by atoms with E-state index >= 15 is 0 Å². The normalized spacial score (nSPS) is 15.4. The van der Waals surface area contributed by atoms with Crippen LogP contribution in [0.5, 0.6) is 0 Å². The summed E-state index contributed by atoms with van der Waals surface area (Å²) in [6, 6.07) is 15.4. The number of rotatable bonds is 5. The minimum atomic E-state index is -3.50. The first kappa shape index (κ1) is 21.3. The summed E-state index contributed by atoms with van der Waals surface area (Å²) in [6.07, 6.45) is 5.66. The zero-order valence-corrected chi connectivity index (χ0v) is 18.3. The fourth-order valence-electron chi connectivity index (χ4n) is 3.74. The van der Waals surface area contributed by atoms with Crippen molar-refractivity contribution in [3.05, 3.63) is 72.1 Å². The number of anilines is 1. The Morgan fingerprint density at radius 3 is 2.13 bits per heavy atom. The highest BCUT2D eigenvalue weighted by atomic mass is 32.2. The van der Waals surface area contributed by atoms with E-state index < -0.39 is 10.0 Å². The van der Waals surface area contributed by atoms with Crippen LogP contribution in [-0.2, 0) is 10.0 Å². The molecule has 1 N–H and O–H groups in total. The molecule has 4 rings (SSSR count). The molecule has 1 amide bonds. The number of hydrogen-bond acceptors (Lipinski definition) is 4. The number of aromatic nitrogens is 2. The summed E-state index contributed by atoms with van der Waals surface area (Å²) in [6.45, 7) is 3.09. The molecule has 2 aromatic carbocycles. The maximum Gasteiger partial charge on any atom is 0.255 e. The molecule has 0 unspecified atom stereocenters. The van der Waals surface area contributed by atoms with Crippen LogP contribution in [0.4, 0.5) is 5.69 Å². The number of hydrogen-bond donors (Lipinski definition) is 1. The van der Waals surface area contributed by atoms with E-state index in [0.717, 1.165) is 37.1 Å². The van der Waals surface area contributed by atoms with E-state index in [1.807, 2.05) is 25.1 Å². The molecule has 162 valence electrons. The molecule has 0 atom stereocenters. The highest BCUT2D eigenvalue weighted by molar-refractivity contribution is 7.89. The van der Waals surface area contributed by atoms with Crippen molar-refractivity contribution in [3.8, 4) is 5.69 Å². The van der Waals surface area contributed by atoms with E-state index in [0.29, 0.717) is 24.3 Å². The fourth-order valence-corrected chi connectivity index (χ4v) is 5.26. The molecule has 0 saturated carbocycles. The van der Waals surface area contributed by atoms with Crippen LogP contribution in [0, 0.1) is 6.92 Å². The molecule has 0 aliphatic carbocycles. The third kappa shape index (κ3) is 4.70. The number of carbonyl (C=O) groups is 1. The third-order valence-corrected chi connectivity index (χ3v) is 7.43. The minimum absolute atomic E-state index is 0.256. The quantitative estimate of drug-likeness (QED) is 0.653. The van der Waals surface area contributed by atoms with E-state index in [2.05, 4.69) is 10.4 Å². The van der Waals surface area contributed by atoms with Crippen LogP contribution >= 0.6 is 0 Å². The average Bonchev–Trinajstić information content (AvgIpc) is 3.02. The van der Waals surface area contributed by atoms with Crippen LogP contribution in [0.1, 0.15) is 41.7 Å². The maximum atomic E-state index is 12.9. The molecule has 0 spiro atoms. The molecule has 3 aromatic rings. The summed E-state index contributed by atoms with van der Waals surface area (Å²) < 4.78 is 29.1. The second kappa shape index (κ2) is 9.03. The molecule has 1 saturated heterocycles. The lowest BCUT2D eigenvalue weighted by Gasteiger charge is -2.20. The molecular formula is C23H26N4O3S. The summed E-state index contributed by atoms with van der Waals surface area (Å²) in [5.74, 6) is -0.258. The first-order valence-electron chi connectivity index (χ1n) is 10.5. The predicted molar refractivity (Wildman–Crippen MR) is 120 cm³/mol. The number of nitrogens with one attached hydrogen (secondary N) is 1. The SMILES string of the molecule is Cc1ccnn1-c1ccc(C(=O)Nc2ccc(S(=O)(=O)N3CCCCCC3)cc2)cc1. The molecule has 0 bridgehead atoms. The van der Waals surface area contributed by atoms with Crippen LogP contribution in [0.25, 0.3) is 5.69 Å². The van der Waals surface area contributed by atoms with E-state index in [1.54, 1.807) is 51.6 Å². The molecule has 1 fully saturated rings. The molecule has 1 aromatic heterocycles. The Hall–Kier alpha value is -2.97. The second-order valence-corrected chi connectivity index (χ2v) is 9.67. The summed E-state index contributed by atoms with van der Waals surface area (Å²) in [5.41, 5.74) is 2.94. The first-order chi connectivity index (χ1) is 14.9. The number of nitrogens with zero attached hydrogens (tertiary/aromatic N) is 3. The molecule has 7 nitrogen and oxygen atoms in total. The highest BCUT2D eigenvalue weighted by Crippen LogP contribution is 2.22. The Balaban J connectivity index is 1.44. The Labute approximate surface area is 182 Å². The number of carbonyl (C=O) groups excluding carboxylic acids is 1. The van der Waals surface area contributed by atoms with Gasteiger partial charge in [0.25, 0.3) is 5.91 Å². The molecule has 8 heteroatoms. The van der Waals surface area contributed by atoms with Crippen molar-refractivity contribution in [2.75, 3.05) is 18.4 Å². The fraction of sp³-hybridized carbons (Fsp3) is 0.304. The highest BCUT2D eigenvalue weighted by Gasteiger charge is 2.25. The van der Waals surface area contributed by atoms with Gasteiger partial charge in [0.05, 0.1) is 10.6 Å². The van der Waals surface area contributed by atoms with E-state index in [1.165, 1.54) is 0 Å². The summed E-state index contributed by atoms with van der Waals surface area (Å²) >= 11 is 0. The van der Waals surface area contributed by atoms with Gasteiger partial charge in [-0.3, -0.25) is 4.79 Å². The molecule has 1 aliphatic rings. The van der Waals surface area contributed by atoms with Gasteiger partial charge in [-0.05, 0) is 74.4 Å². The van der Waals surface area contributed by atoms with Crippen molar-refractivity contribution in [2.45, 2.75) is 37.5 Å². The Morgan fingerprint density at radius 1 is 0.903 bits per heavy atom. The van der Waals surface area contributed by atoms with Gasteiger partial charge in [-0.25, -0.2) is 13.1 Å². The minimum Gasteiger partial charge on any atom is -0.322 e. The lowest BCUT2D eigenvalue weighted by molar-refractivity contribution is 0.102. The summed E-state index contributed by atoms with van der Waals surface area (Å²) in [5, 5.41) is 7.08. The van der Waals surface area contributed by atoms with Gasteiger partial charge in [0, 0.05) is 36.2 Å². The van der Waals surface area contributed by atoms with Crippen LogP contribution < -0.4 is 5.32 Å². The van der Waals surface area contributed by atoms with Crippen LogP contribution in [0.3, 0.4) is 0 Å². The molecule has 1 aliphatic heterocycles. The number of benzene rings is 2. The van der Waals surface area contributed by atoms with E-state index in [9.17, 15) is 13.2 Å². The average molecular weight is 439 g/mol. The van der Waals surface area contributed by atoms with Gasteiger partial charge in [0.15, 0.2) is 0 Å². The zero-order chi connectivity index (χ0) is 21.8. The van der Waals surface area contributed by atoms with Crippen LogP contribution in [0.2, 0.25) is 0 Å². The number of aryl methyl sites for hydroxylation is 1. The number of amides is 1. The largest absolute Gasteiger partial charge is 0.322 e. The smallest absolute Gasteiger partial charge is 0.255 e. The van der Waals surface area contributed by atoms with Crippen molar-refractivity contribution >= 4 is 21.6 Å². The summed E-state index contributed by atoms with van der Waals surface area (Å²) in [4.78, 5) is 12.8. The summed E-state index contributed by atoms with van der Waals surface area (Å²) in [7, 11) is -3.50. The Kier molecular flexibility index (Phi) is 6.20. The van der Waals surface area contributed by atoms with Gasteiger partial charge in [-0.15, -0.1) is 0 Å². The lowest BCUT2D eigenvalue weighted by Crippen LogP contribution is -2.31. The van der Waals surface area contributed by atoms with Gasteiger partial charge in [0.1, 0.15) is 0 Å².